The molecule has 2 rings (SSSR count). The van der Waals surface area contributed by atoms with Crippen molar-refractivity contribution in [3.8, 4) is 5.75 Å². The van der Waals surface area contributed by atoms with E-state index in [2.05, 4.69) is 4.98 Å². The zero-order valence-electron chi connectivity index (χ0n) is 8.14. The molecule has 0 aliphatic heterocycles. The number of pyridine rings is 1. The third kappa shape index (κ3) is 2.40. The highest BCUT2D eigenvalue weighted by Gasteiger charge is 2.33. The normalized spacial score (nSPS) is 16.5. The number of rotatable bonds is 2. The number of hydrogen-bond acceptors (Lipinski definition) is 2. The molecule has 0 saturated heterocycles. The van der Waals surface area contributed by atoms with E-state index in [9.17, 15) is 13.2 Å². The standard InChI is InChI=1S/C10H10F3NO/c1-6-5-14-9(10(11,12)13)4-8(6)15-7-2-3-7/h4-5,7H,2-3H2,1H3. The van der Waals surface area contributed by atoms with Crippen molar-refractivity contribution in [1.29, 1.82) is 0 Å². The highest BCUT2D eigenvalue weighted by Crippen LogP contribution is 2.33. The summed E-state index contributed by atoms with van der Waals surface area (Å²) in [5, 5.41) is 0. The van der Waals surface area contributed by atoms with Crippen LogP contribution in [0.15, 0.2) is 12.3 Å². The molecule has 1 saturated carbocycles. The lowest BCUT2D eigenvalue weighted by Gasteiger charge is -2.11. The van der Waals surface area contributed by atoms with E-state index in [0.717, 1.165) is 18.9 Å². The average Bonchev–Trinajstić information content (AvgIpc) is 2.90. The van der Waals surface area contributed by atoms with Crippen molar-refractivity contribution in [3.63, 3.8) is 0 Å². The van der Waals surface area contributed by atoms with Gasteiger partial charge < -0.3 is 4.74 Å². The molecule has 1 aliphatic carbocycles. The van der Waals surface area contributed by atoms with Gasteiger partial charge >= 0.3 is 6.18 Å². The smallest absolute Gasteiger partial charge is 0.433 e. The third-order valence-electron chi connectivity index (χ3n) is 2.16. The van der Waals surface area contributed by atoms with Crippen LogP contribution in [0.3, 0.4) is 0 Å². The van der Waals surface area contributed by atoms with Gasteiger partial charge in [0.15, 0.2) is 0 Å². The van der Waals surface area contributed by atoms with Gasteiger partial charge in [-0.05, 0) is 19.8 Å². The molecular weight excluding hydrogens is 207 g/mol. The topological polar surface area (TPSA) is 22.1 Å². The van der Waals surface area contributed by atoms with Gasteiger partial charge in [-0.25, -0.2) is 0 Å². The second-order valence-corrected chi connectivity index (χ2v) is 3.65. The second kappa shape index (κ2) is 3.40. The predicted molar refractivity (Wildman–Crippen MR) is 47.6 cm³/mol. The average molecular weight is 217 g/mol. The molecule has 1 heterocycles. The molecule has 0 bridgehead atoms. The van der Waals surface area contributed by atoms with Crippen molar-refractivity contribution >= 4 is 0 Å². The summed E-state index contributed by atoms with van der Waals surface area (Å²) < 4.78 is 42.4. The van der Waals surface area contributed by atoms with E-state index in [1.807, 2.05) is 0 Å². The summed E-state index contributed by atoms with van der Waals surface area (Å²) in [5.74, 6) is 0.292. The summed E-state index contributed by atoms with van der Waals surface area (Å²) in [5.41, 5.74) is -0.265. The molecule has 82 valence electrons. The zero-order chi connectivity index (χ0) is 11.1. The Morgan fingerprint density at radius 3 is 2.60 bits per heavy atom. The minimum absolute atomic E-state index is 0.0900. The van der Waals surface area contributed by atoms with E-state index in [-0.39, 0.29) is 6.10 Å². The van der Waals surface area contributed by atoms with Crippen LogP contribution in [0.25, 0.3) is 0 Å². The Bertz CT molecular complexity index is 371. The van der Waals surface area contributed by atoms with Crippen molar-refractivity contribution < 1.29 is 17.9 Å². The van der Waals surface area contributed by atoms with Crippen molar-refractivity contribution in [2.45, 2.75) is 32.0 Å². The maximum atomic E-state index is 12.3. The first-order valence-corrected chi connectivity index (χ1v) is 4.67. The number of aromatic nitrogens is 1. The van der Waals surface area contributed by atoms with E-state index in [0.29, 0.717) is 11.3 Å². The molecule has 1 aromatic heterocycles. The van der Waals surface area contributed by atoms with Gasteiger partial charge in [-0.15, -0.1) is 0 Å². The predicted octanol–water partition coefficient (Wildman–Crippen LogP) is 2.95. The quantitative estimate of drug-likeness (QED) is 0.759. The SMILES string of the molecule is Cc1cnc(C(F)(F)F)cc1OC1CC1. The molecule has 0 N–H and O–H groups in total. The fraction of sp³-hybridized carbons (Fsp3) is 0.500. The lowest BCUT2D eigenvalue weighted by Crippen LogP contribution is -2.09. The number of aryl methyl sites for hydroxylation is 1. The first-order valence-electron chi connectivity index (χ1n) is 4.67. The van der Waals surface area contributed by atoms with Crippen molar-refractivity contribution in [2.24, 2.45) is 0 Å². The van der Waals surface area contributed by atoms with E-state index in [4.69, 9.17) is 4.74 Å². The maximum Gasteiger partial charge on any atom is 0.433 e. The van der Waals surface area contributed by atoms with Crippen LogP contribution in [-0.2, 0) is 6.18 Å². The van der Waals surface area contributed by atoms with Crippen LogP contribution >= 0.6 is 0 Å². The van der Waals surface area contributed by atoms with Crippen LogP contribution in [0.2, 0.25) is 0 Å². The molecule has 15 heavy (non-hydrogen) atoms. The van der Waals surface area contributed by atoms with Crippen LogP contribution in [0, 0.1) is 6.92 Å². The van der Waals surface area contributed by atoms with Gasteiger partial charge in [0.1, 0.15) is 11.4 Å². The summed E-state index contributed by atoms with van der Waals surface area (Å²) in [7, 11) is 0. The highest BCUT2D eigenvalue weighted by molar-refractivity contribution is 5.33. The molecular formula is C10H10F3NO. The molecule has 0 spiro atoms. The summed E-state index contributed by atoms with van der Waals surface area (Å²) in [6.07, 6.45) is -1.28. The van der Waals surface area contributed by atoms with E-state index < -0.39 is 11.9 Å². The summed E-state index contributed by atoms with van der Waals surface area (Å²) in [6, 6.07) is 0.966. The fourth-order valence-corrected chi connectivity index (χ4v) is 1.15. The molecule has 5 heteroatoms. The van der Waals surface area contributed by atoms with Gasteiger partial charge in [-0.1, -0.05) is 0 Å². The summed E-state index contributed by atoms with van der Waals surface area (Å²) >= 11 is 0. The second-order valence-electron chi connectivity index (χ2n) is 3.65. The Labute approximate surface area is 85.1 Å². The maximum absolute atomic E-state index is 12.3. The molecule has 2 nitrogen and oxygen atoms in total. The van der Waals surface area contributed by atoms with E-state index >= 15 is 0 Å². The number of alkyl halides is 3. The first-order chi connectivity index (χ1) is 6.97. The molecule has 0 radical (unpaired) electrons. The molecule has 0 unspecified atom stereocenters. The van der Waals surface area contributed by atoms with Gasteiger partial charge in [0.2, 0.25) is 0 Å². The van der Waals surface area contributed by atoms with Crippen LogP contribution in [0.1, 0.15) is 24.1 Å². The first kappa shape index (κ1) is 10.3. The van der Waals surface area contributed by atoms with Gasteiger partial charge in [0, 0.05) is 17.8 Å². The molecule has 1 aliphatic rings. The van der Waals surface area contributed by atoms with Crippen molar-refractivity contribution in [2.75, 3.05) is 0 Å². The Hall–Kier alpha value is -1.26. The minimum Gasteiger partial charge on any atom is -0.490 e. The summed E-state index contributed by atoms with van der Waals surface area (Å²) in [4.78, 5) is 3.33. The molecule has 0 amide bonds. The van der Waals surface area contributed by atoms with Gasteiger partial charge in [0.25, 0.3) is 0 Å². The minimum atomic E-state index is -4.41. The summed E-state index contributed by atoms with van der Waals surface area (Å²) in [6.45, 7) is 1.69. The van der Waals surface area contributed by atoms with Crippen molar-refractivity contribution in [1.82, 2.24) is 4.98 Å². The molecule has 1 aromatic rings. The van der Waals surface area contributed by atoms with Gasteiger partial charge in [-0.3, -0.25) is 4.98 Å². The van der Waals surface area contributed by atoms with Crippen LogP contribution < -0.4 is 4.74 Å². The molecule has 0 aromatic carbocycles. The lowest BCUT2D eigenvalue weighted by atomic mass is 10.2. The van der Waals surface area contributed by atoms with Crippen LogP contribution in [0.5, 0.6) is 5.75 Å². The number of ether oxygens (including phenoxy) is 1. The van der Waals surface area contributed by atoms with Crippen LogP contribution in [-0.4, -0.2) is 11.1 Å². The van der Waals surface area contributed by atoms with E-state index in [1.165, 1.54) is 6.20 Å². The highest BCUT2D eigenvalue weighted by atomic mass is 19.4. The number of hydrogen-bond donors (Lipinski definition) is 0. The Morgan fingerprint density at radius 2 is 2.07 bits per heavy atom. The largest absolute Gasteiger partial charge is 0.490 e. The molecule has 1 fully saturated rings. The van der Waals surface area contributed by atoms with Gasteiger partial charge in [-0.2, -0.15) is 13.2 Å². The molecule has 0 atom stereocenters. The Morgan fingerprint density at radius 1 is 1.40 bits per heavy atom. The van der Waals surface area contributed by atoms with E-state index in [1.54, 1.807) is 6.92 Å². The zero-order valence-corrected chi connectivity index (χ0v) is 8.14. The fourth-order valence-electron chi connectivity index (χ4n) is 1.15. The van der Waals surface area contributed by atoms with Crippen LogP contribution in [0.4, 0.5) is 13.2 Å². The number of nitrogens with zero attached hydrogens (tertiary/aromatic N) is 1. The third-order valence-corrected chi connectivity index (χ3v) is 2.16. The monoisotopic (exact) mass is 217 g/mol. The Balaban J connectivity index is 2.27. The van der Waals surface area contributed by atoms with Crippen molar-refractivity contribution in [3.05, 3.63) is 23.5 Å². The lowest BCUT2D eigenvalue weighted by molar-refractivity contribution is -0.141. The number of halogens is 3. The Kier molecular flexibility index (Phi) is 2.32. The van der Waals surface area contributed by atoms with Gasteiger partial charge in [0.05, 0.1) is 6.10 Å².